The van der Waals surface area contributed by atoms with Gasteiger partial charge in [-0.3, -0.25) is 9.71 Å². The molecule has 2 aromatic carbocycles. The second-order valence-electron chi connectivity index (χ2n) is 5.83. The van der Waals surface area contributed by atoms with Gasteiger partial charge >= 0.3 is 6.36 Å². The van der Waals surface area contributed by atoms with Gasteiger partial charge in [-0.1, -0.05) is 6.07 Å². The number of nitriles is 1. The summed E-state index contributed by atoms with van der Waals surface area (Å²) in [4.78, 5) is 3.73. The van der Waals surface area contributed by atoms with E-state index in [0.29, 0.717) is 0 Å². The van der Waals surface area contributed by atoms with Crippen LogP contribution in [0.2, 0.25) is 0 Å². The molecule has 30 heavy (non-hydrogen) atoms. The number of anilines is 1. The summed E-state index contributed by atoms with van der Waals surface area (Å²) in [5.74, 6) is -1.37. The van der Waals surface area contributed by atoms with Gasteiger partial charge in [0.15, 0.2) is 0 Å². The van der Waals surface area contributed by atoms with Gasteiger partial charge in [-0.2, -0.15) is 5.26 Å². The average molecular weight is 437 g/mol. The van der Waals surface area contributed by atoms with Crippen LogP contribution in [-0.2, 0) is 10.0 Å². The smallest absolute Gasteiger partial charge is 0.406 e. The van der Waals surface area contributed by atoms with Crippen molar-refractivity contribution in [3.8, 4) is 23.1 Å². The van der Waals surface area contributed by atoms with Gasteiger partial charge in [0.1, 0.15) is 17.6 Å². The highest BCUT2D eigenvalue weighted by molar-refractivity contribution is 7.92. The lowest BCUT2D eigenvalue weighted by Crippen LogP contribution is -2.17. The number of nitrogens with zero attached hydrogens (tertiary/aromatic N) is 2. The molecule has 3 aromatic rings. The van der Waals surface area contributed by atoms with E-state index in [0.717, 1.165) is 30.3 Å². The maximum Gasteiger partial charge on any atom is 0.573 e. The monoisotopic (exact) mass is 437 g/mol. The Morgan fingerprint density at radius 2 is 1.77 bits per heavy atom. The zero-order valence-corrected chi connectivity index (χ0v) is 15.6. The number of sulfonamides is 1. The molecule has 0 atom stereocenters. The number of pyridine rings is 1. The van der Waals surface area contributed by atoms with Gasteiger partial charge in [0, 0.05) is 11.8 Å². The molecule has 0 saturated carbocycles. The Bertz CT molecular complexity index is 1220. The van der Waals surface area contributed by atoms with E-state index >= 15 is 0 Å². The van der Waals surface area contributed by atoms with Crippen molar-refractivity contribution in [1.82, 2.24) is 4.98 Å². The van der Waals surface area contributed by atoms with Crippen molar-refractivity contribution in [3.05, 3.63) is 72.2 Å². The van der Waals surface area contributed by atoms with Gasteiger partial charge < -0.3 is 4.74 Å². The van der Waals surface area contributed by atoms with Crippen molar-refractivity contribution in [3.63, 3.8) is 0 Å². The van der Waals surface area contributed by atoms with Crippen LogP contribution in [-0.4, -0.2) is 19.8 Å². The summed E-state index contributed by atoms with van der Waals surface area (Å²) in [6.45, 7) is 0. The lowest BCUT2D eigenvalue weighted by atomic mass is 10.1. The predicted octanol–water partition coefficient (Wildman–Crippen LogP) is 4.46. The molecule has 3 rings (SSSR count). The van der Waals surface area contributed by atoms with Crippen LogP contribution in [0.4, 0.5) is 23.2 Å². The zero-order valence-electron chi connectivity index (χ0n) is 14.8. The average Bonchev–Trinajstić information content (AvgIpc) is 2.67. The number of ether oxygens (including phenoxy) is 1. The van der Waals surface area contributed by atoms with Crippen molar-refractivity contribution in [2.24, 2.45) is 0 Å². The molecular formula is C19H11F4N3O3S. The summed E-state index contributed by atoms with van der Waals surface area (Å²) in [5.41, 5.74) is 0.149. The van der Waals surface area contributed by atoms with Crippen LogP contribution in [0.25, 0.3) is 11.3 Å². The van der Waals surface area contributed by atoms with Crippen LogP contribution < -0.4 is 9.46 Å². The van der Waals surface area contributed by atoms with Crippen LogP contribution in [0.1, 0.15) is 5.56 Å². The zero-order chi connectivity index (χ0) is 21.9. The second-order valence-corrected chi connectivity index (χ2v) is 7.51. The third-order valence-corrected chi connectivity index (χ3v) is 5.16. The Kier molecular flexibility index (Phi) is 5.62. The molecule has 0 spiro atoms. The summed E-state index contributed by atoms with van der Waals surface area (Å²) in [6, 6.07) is 11.8. The quantitative estimate of drug-likeness (QED) is 0.595. The van der Waals surface area contributed by atoms with Gasteiger partial charge in [0.2, 0.25) is 0 Å². The number of hydrogen-bond donors (Lipinski definition) is 1. The number of nitrogens with one attached hydrogen (secondary N) is 1. The molecule has 1 heterocycles. The maximum absolute atomic E-state index is 13.9. The van der Waals surface area contributed by atoms with Gasteiger partial charge in [-0.25, -0.2) is 12.8 Å². The van der Waals surface area contributed by atoms with Gasteiger partial charge in [-0.15, -0.1) is 13.2 Å². The van der Waals surface area contributed by atoms with Crippen molar-refractivity contribution in [2.45, 2.75) is 11.3 Å². The molecule has 0 aliphatic carbocycles. The lowest BCUT2D eigenvalue weighted by molar-refractivity contribution is -0.274. The Morgan fingerprint density at radius 1 is 1.07 bits per heavy atom. The van der Waals surface area contributed by atoms with Gasteiger partial charge in [0.05, 0.1) is 21.8 Å². The van der Waals surface area contributed by atoms with Crippen LogP contribution in [0.15, 0.2) is 65.7 Å². The first-order valence-corrected chi connectivity index (χ1v) is 9.61. The minimum atomic E-state index is -4.90. The number of halogens is 4. The second kappa shape index (κ2) is 8.00. The maximum atomic E-state index is 13.9. The molecule has 1 aromatic heterocycles. The Labute approximate surface area is 168 Å². The number of hydrogen-bond acceptors (Lipinski definition) is 5. The van der Waals surface area contributed by atoms with Crippen LogP contribution in [0.3, 0.4) is 0 Å². The molecule has 0 amide bonds. The molecule has 0 fully saturated rings. The molecule has 0 aliphatic rings. The normalized spacial score (nSPS) is 11.6. The highest BCUT2D eigenvalue weighted by Gasteiger charge is 2.31. The molecule has 0 unspecified atom stereocenters. The fourth-order valence-corrected chi connectivity index (χ4v) is 3.56. The fraction of sp³-hybridized carbons (Fsp3) is 0.0526. The topological polar surface area (TPSA) is 92.1 Å². The first kappa shape index (κ1) is 21.1. The number of alkyl halides is 3. The third kappa shape index (κ3) is 4.84. The molecule has 0 saturated heterocycles. The van der Waals surface area contributed by atoms with E-state index in [1.807, 2.05) is 0 Å². The molecule has 0 bridgehead atoms. The van der Waals surface area contributed by atoms with E-state index in [2.05, 4.69) is 14.4 Å². The Hall–Kier alpha value is -3.65. The molecule has 11 heteroatoms. The van der Waals surface area contributed by atoms with E-state index in [-0.39, 0.29) is 27.4 Å². The van der Waals surface area contributed by atoms with Crippen molar-refractivity contribution in [2.75, 3.05) is 4.72 Å². The van der Waals surface area contributed by atoms with Crippen LogP contribution in [0, 0.1) is 17.1 Å². The number of benzene rings is 2. The van der Waals surface area contributed by atoms with Gasteiger partial charge in [-0.05, 0) is 48.5 Å². The Balaban J connectivity index is 1.91. The van der Waals surface area contributed by atoms with E-state index in [1.54, 1.807) is 6.07 Å². The van der Waals surface area contributed by atoms with Crippen LogP contribution >= 0.6 is 0 Å². The first-order valence-electron chi connectivity index (χ1n) is 8.13. The van der Waals surface area contributed by atoms with E-state index in [1.165, 1.54) is 30.5 Å². The number of aromatic nitrogens is 1. The summed E-state index contributed by atoms with van der Waals surface area (Å²) in [5, 5.41) is 8.83. The lowest BCUT2D eigenvalue weighted by Gasteiger charge is -2.13. The molecule has 0 radical (unpaired) electrons. The predicted molar refractivity (Wildman–Crippen MR) is 98.3 cm³/mol. The van der Waals surface area contributed by atoms with Crippen molar-refractivity contribution >= 4 is 15.7 Å². The summed E-state index contributed by atoms with van der Waals surface area (Å²) < 4.78 is 81.9. The summed E-state index contributed by atoms with van der Waals surface area (Å²) >= 11 is 0. The highest BCUT2D eigenvalue weighted by Crippen LogP contribution is 2.29. The van der Waals surface area contributed by atoms with E-state index < -0.39 is 28.0 Å². The SMILES string of the molecule is N#Cc1ccc(-c2ncccc2NS(=O)(=O)c2ccc(OC(F)(F)F)cc2)cc1F. The molecule has 6 nitrogen and oxygen atoms in total. The van der Waals surface area contributed by atoms with Crippen molar-refractivity contribution < 1.29 is 30.7 Å². The summed E-state index contributed by atoms with van der Waals surface area (Å²) in [7, 11) is -4.20. The molecule has 0 aliphatic heterocycles. The Morgan fingerprint density at radius 3 is 2.37 bits per heavy atom. The van der Waals surface area contributed by atoms with E-state index in [4.69, 9.17) is 5.26 Å². The fourth-order valence-electron chi connectivity index (χ4n) is 2.49. The minimum absolute atomic E-state index is 0.0113. The number of rotatable bonds is 5. The van der Waals surface area contributed by atoms with Gasteiger partial charge in [0.25, 0.3) is 10.0 Å². The van der Waals surface area contributed by atoms with Crippen molar-refractivity contribution in [1.29, 1.82) is 5.26 Å². The standard InChI is InChI=1S/C19H11F4N3O3S/c20-16-10-12(3-4-13(16)11-24)18-17(2-1-9-25-18)26-30(27,28)15-7-5-14(6-8-15)29-19(21,22)23/h1-10,26H. The third-order valence-electron chi connectivity index (χ3n) is 3.78. The molecular weight excluding hydrogens is 426 g/mol. The van der Waals surface area contributed by atoms with Crippen LogP contribution in [0.5, 0.6) is 5.75 Å². The first-order chi connectivity index (χ1) is 14.1. The summed E-state index contributed by atoms with van der Waals surface area (Å²) in [6.07, 6.45) is -3.54. The minimum Gasteiger partial charge on any atom is -0.406 e. The molecule has 1 N–H and O–H groups in total. The molecule has 154 valence electrons. The van der Waals surface area contributed by atoms with E-state index in [9.17, 15) is 26.0 Å². The largest absolute Gasteiger partial charge is 0.573 e. The highest BCUT2D eigenvalue weighted by atomic mass is 32.2.